The lowest BCUT2D eigenvalue weighted by Crippen LogP contribution is -2.64. The Morgan fingerprint density at radius 2 is 1.04 bits per heavy atom. The molecule has 0 aliphatic heterocycles. The monoisotopic (exact) mass is 796 g/mol. The number of aliphatic hydroxyl groups excluding tert-OH is 7. The van der Waals surface area contributed by atoms with E-state index in [1.54, 1.807) is 0 Å². The molecule has 1 fully saturated rings. The number of phosphoric acid groups is 1. The maximum Gasteiger partial charge on any atom is 0.472 e. The van der Waals surface area contributed by atoms with Crippen LogP contribution in [0.25, 0.3) is 0 Å². The molecule has 8 unspecified atom stereocenters. The molecule has 0 spiro atoms. The highest BCUT2D eigenvalue weighted by Gasteiger charge is 2.51. The molecule has 1 rings (SSSR count). The Hall–Kier alpha value is -0.960. The second kappa shape index (κ2) is 31.1. The molecule has 54 heavy (non-hydrogen) atoms. The second-order valence-electron chi connectivity index (χ2n) is 15.4. The Kier molecular flexibility index (Phi) is 29.4. The molecule has 13 nitrogen and oxygen atoms in total. The average molecular weight is 796 g/mol. The van der Waals surface area contributed by atoms with Gasteiger partial charge in [-0.05, 0) is 38.5 Å². The van der Waals surface area contributed by atoms with E-state index < -0.39 is 75.2 Å². The van der Waals surface area contributed by atoms with E-state index in [-0.39, 0.29) is 12.8 Å². The number of amides is 1. The van der Waals surface area contributed by atoms with Gasteiger partial charge in [0.2, 0.25) is 5.91 Å². The van der Waals surface area contributed by atoms with Crippen LogP contribution in [-0.2, 0) is 18.4 Å². The summed E-state index contributed by atoms with van der Waals surface area (Å²) in [4.78, 5) is 23.3. The normalized spacial score (nSPS) is 24.7. The van der Waals surface area contributed by atoms with Gasteiger partial charge in [-0.2, -0.15) is 0 Å². The topological polar surface area (TPSA) is 226 Å². The fourth-order valence-corrected chi connectivity index (χ4v) is 7.79. The van der Waals surface area contributed by atoms with Crippen molar-refractivity contribution in [3.63, 3.8) is 0 Å². The van der Waals surface area contributed by atoms with Crippen LogP contribution in [0.3, 0.4) is 0 Å². The number of phosphoric ester groups is 1. The molecule has 1 aliphatic carbocycles. The van der Waals surface area contributed by atoms with Crippen LogP contribution < -0.4 is 5.32 Å². The molecular weight excluding hydrogens is 717 g/mol. The molecule has 0 aromatic heterocycles. The summed E-state index contributed by atoms with van der Waals surface area (Å²) in [6, 6.07) is -1.15. The predicted molar refractivity (Wildman–Crippen MR) is 211 cm³/mol. The lowest BCUT2D eigenvalue weighted by Gasteiger charge is -2.41. The number of rotatable bonds is 34. The van der Waals surface area contributed by atoms with Crippen molar-refractivity contribution in [2.45, 2.75) is 229 Å². The SMILES string of the molecule is CCCCCCCCCC/C=C\CCCCCCCC(O)CC(=O)NC(COP(=O)(O)OC1C(O)C(O)C(O)C(O)C1O)C(O)CCCCCCCCC. The van der Waals surface area contributed by atoms with Crippen LogP contribution in [0.1, 0.15) is 174 Å². The van der Waals surface area contributed by atoms with Crippen LogP contribution in [-0.4, -0.2) is 108 Å². The van der Waals surface area contributed by atoms with E-state index in [4.69, 9.17) is 9.05 Å². The number of carbonyl (C=O) groups excluding carboxylic acids is 1. The summed E-state index contributed by atoms with van der Waals surface area (Å²) in [6.45, 7) is 3.70. The molecule has 9 N–H and O–H groups in total. The van der Waals surface area contributed by atoms with Crippen molar-refractivity contribution >= 4 is 13.7 Å². The van der Waals surface area contributed by atoms with Gasteiger partial charge in [0.1, 0.15) is 36.6 Å². The molecule has 0 aromatic rings. The molecule has 0 saturated heterocycles. The quantitative estimate of drug-likeness (QED) is 0.0212. The van der Waals surface area contributed by atoms with E-state index in [1.807, 2.05) is 0 Å². The molecule has 320 valence electrons. The van der Waals surface area contributed by atoms with Gasteiger partial charge >= 0.3 is 7.82 Å². The molecule has 1 amide bonds. The van der Waals surface area contributed by atoms with Crippen LogP contribution in [0.5, 0.6) is 0 Å². The fourth-order valence-electron chi connectivity index (χ4n) is 6.83. The number of hydrogen-bond donors (Lipinski definition) is 9. The number of unbranched alkanes of at least 4 members (excludes halogenated alkanes) is 19. The minimum Gasteiger partial charge on any atom is -0.393 e. The zero-order chi connectivity index (χ0) is 40.2. The highest BCUT2D eigenvalue weighted by atomic mass is 31.2. The zero-order valence-corrected chi connectivity index (χ0v) is 34.3. The molecule has 1 saturated carbocycles. The number of nitrogens with one attached hydrogen (secondary N) is 1. The summed E-state index contributed by atoms with van der Waals surface area (Å²) in [5, 5.41) is 74.1. The first-order chi connectivity index (χ1) is 25.8. The van der Waals surface area contributed by atoms with E-state index in [0.717, 1.165) is 83.5 Å². The third-order valence-electron chi connectivity index (χ3n) is 10.4. The van der Waals surface area contributed by atoms with Gasteiger partial charge in [-0.3, -0.25) is 13.8 Å². The van der Waals surface area contributed by atoms with Crippen molar-refractivity contribution in [3.05, 3.63) is 12.2 Å². The minimum absolute atomic E-state index is 0.226. The highest BCUT2D eigenvalue weighted by Crippen LogP contribution is 2.47. The number of aliphatic hydroxyl groups is 7. The lowest BCUT2D eigenvalue weighted by atomic mass is 9.85. The van der Waals surface area contributed by atoms with Gasteiger partial charge in [0, 0.05) is 0 Å². The van der Waals surface area contributed by atoms with Crippen LogP contribution in [0, 0.1) is 0 Å². The van der Waals surface area contributed by atoms with Crippen molar-refractivity contribution < 1.29 is 59.0 Å². The molecule has 0 bridgehead atoms. The summed E-state index contributed by atoms with van der Waals surface area (Å²) in [5.41, 5.74) is 0. The number of allylic oxidation sites excluding steroid dienone is 2. The summed E-state index contributed by atoms with van der Waals surface area (Å²) in [7, 11) is -5.10. The lowest BCUT2D eigenvalue weighted by molar-refractivity contribution is -0.220. The summed E-state index contributed by atoms with van der Waals surface area (Å²) >= 11 is 0. The summed E-state index contributed by atoms with van der Waals surface area (Å²) in [6.07, 6.45) is 16.0. The molecular formula is C40H78NO12P. The number of carbonyl (C=O) groups is 1. The van der Waals surface area contributed by atoms with E-state index in [0.29, 0.717) is 12.8 Å². The summed E-state index contributed by atoms with van der Waals surface area (Å²) < 4.78 is 22.7. The van der Waals surface area contributed by atoms with Crippen molar-refractivity contribution in [1.82, 2.24) is 5.32 Å². The second-order valence-corrected chi connectivity index (χ2v) is 16.8. The van der Waals surface area contributed by atoms with Gasteiger partial charge in [0.15, 0.2) is 0 Å². The minimum atomic E-state index is -5.10. The van der Waals surface area contributed by atoms with E-state index in [2.05, 4.69) is 31.3 Å². The Morgan fingerprint density at radius 1 is 0.630 bits per heavy atom. The predicted octanol–water partition coefficient (Wildman–Crippen LogP) is 5.86. The first-order valence-electron chi connectivity index (χ1n) is 21.2. The smallest absolute Gasteiger partial charge is 0.393 e. The highest BCUT2D eigenvalue weighted by molar-refractivity contribution is 7.47. The van der Waals surface area contributed by atoms with E-state index >= 15 is 0 Å². The van der Waals surface area contributed by atoms with Gasteiger partial charge in [0.05, 0.1) is 31.3 Å². The Bertz CT molecular complexity index is 990. The van der Waals surface area contributed by atoms with Gasteiger partial charge < -0.3 is 46.0 Å². The first-order valence-corrected chi connectivity index (χ1v) is 22.7. The van der Waals surface area contributed by atoms with Gasteiger partial charge in [-0.1, -0.05) is 142 Å². The first kappa shape index (κ1) is 51.1. The van der Waals surface area contributed by atoms with Crippen molar-refractivity contribution in [3.8, 4) is 0 Å². The Labute approximate surface area is 325 Å². The maximum absolute atomic E-state index is 12.9. The van der Waals surface area contributed by atoms with Gasteiger partial charge in [-0.25, -0.2) is 4.57 Å². The van der Waals surface area contributed by atoms with Crippen molar-refractivity contribution in [2.75, 3.05) is 6.61 Å². The average Bonchev–Trinajstić information content (AvgIpc) is 3.14. The Balaban J connectivity index is 2.47. The molecule has 0 radical (unpaired) electrons. The molecule has 14 heteroatoms. The summed E-state index contributed by atoms with van der Waals surface area (Å²) in [5.74, 6) is -0.569. The third kappa shape index (κ3) is 23.3. The standard InChI is InChI=1S/C40H78NO12P/c1-3-5-7-9-11-12-13-14-15-16-17-18-19-20-22-23-25-27-31(42)29-34(44)41-32(33(43)28-26-24-21-10-8-6-4-2)30-52-54(50,51)53-40-38(48)36(46)35(45)37(47)39(40)49/h16-17,31-33,35-40,42-43,45-49H,3-15,18-30H2,1-2H3,(H,41,44)(H,50,51)/b17-16-. The van der Waals surface area contributed by atoms with E-state index in [9.17, 15) is 50.0 Å². The largest absolute Gasteiger partial charge is 0.472 e. The molecule has 0 heterocycles. The van der Waals surface area contributed by atoms with Gasteiger partial charge in [-0.15, -0.1) is 0 Å². The van der Waals surface area contributed by atoms with Crippen molar-refractivity contribution in [1.29, 1.82) is 0 Å². The maximum atomic E-state index is 12.9. The third-order valence-corrected chi connectivity index (χ3v) is 11.4. The van der Waals surface area contributed by atoms with Crippen LogP contribution >= 0.6 is 7.82 Å². The van der Waals surface area contributed by atoms with Crippen LogP contribution in [0.2, 0.25) is 0 Å². The molecule has 1 aliphatic rings. The van der Waals surface area contributed by atoms with Crippen LogP contribution in [0.4, 0.5) is 0 Å². The number of hydrogen-bond acceptors (Lipinski definition) is 11. The van der Waals surface area contributed by atoms with Crippen LogP contribution in [0.15, 0.2) is 12.2 Å². The zero-order valence-electron chi connectivity index (χ0n) is 33.4. The Morgan fingerprint density at radius 3 is 1.52 bits per heavy atom. The fraction of sp³-hybridized carbons (Fsp3) is 0.925. The van der Waals surface area contributed by atoms with E-state index in [1.165, 1.54) is 51.4 Å². The van der Waals surface area contributed by atoms with Crippen molar-refractivity contribution in [2.24, 2.45) is 0 Å². The molecule has 8 atom stereocenters. The van der Waals surface area contributed by atoms with Gasteiger partial charge in [0.25, 0.3) is 0 Å². The molecule has 0 aromatic carbocycles.